The number of ether oxygens (including phenoxy) is 2. The van der Waals surface area contributed by atoms with Gasteiger partial charge in [0.25, 0.3) is 15.9 Å². The number of sulfonamides is 1. The molecule has 3 rings (SSSR count). The van der Waals surface area contributed by atoms with Gasteiger partial charge in [-0.1, -0.05) is 18.2 Å². The maximum Gasteiger partial charge on any atom is 0.303 e. The molecule has 0 bridgehead atoms. The Hall–Kier alpha value is -4.38. The van der Waals surface area contributed by atoms with Crippen LogP contribution in [0.3, 0.4) is 0 Å². The van der Waals surface area contributed by atoms with E-state index in [1.807, 2.05) is 6.92 Å². The van der Waals surface area contributed by atoms with E-state index in [0.29, 0.717) is 29.4 Å². The Labute approximate surface area is 215 Å². The normalized spacial score (nSPS) is 11.5. The van der Waals surface area contributed by atoms with Gasteiger partial charge in [0.1, 0.15) is 11.5 Å². The third kappa shape index (κ3) is 7.55. The van der Waals surface area contributed by atoms with E-state index < -0.39 is 21.9 Å². The average molecular weight is 526 g/mol. The molecular weight excluding hydrogens is 498 g/mol. The molecule has 3 aromatic carbocycles. The van der Waals surface area contributed by atoms with Gasteiger partial charge >= 0.3 is 5.97 Å². The standard InChI is InChI=1S/C26H27N3O7S/c1-3-36-20-13-11-18(12-14-20)22(15-16-25(30)31)27-28-26(32)19-7-6-8-21(17-19)37(33,34)29-23-9-4-5-10-24(23)35-2/h4-14,17,29H,3,15-16H2,1-2H3,(H,28,32)(H,30,31)/b27-22-. The van der Waals surface area contributed by atoms with Gasteiger partial charge < -0.3 is 14.6 Å². The summed E-state index contributed by atoms with van der Waals surface area (Å²) < 4.78 is 38.9. The summed E-state index contributed by atoms with van der Waals surface area (Å²) in [5.74, 6) is -0.677. The molecule has 0 saturated heterocycles. The molecule has 0 aliphatic heterocycles. The summed E-state index contributed by atoms with van der Waals surface area (Å²) in [6.07, 6.45) is -0.120. The lowest BCUT2D eigenvalue weighted by atomic mass is 10.1. The van der Waals surface area contributed by atoms with Gasteiger partial charge in [0.15, 0.2) is 0 Å². The molecule has 10 nitrogen and oxygen atoms in total. The van der Waals surface area contributed by atoms with Gasteiger partial charge in [-0.25, -0.2) is 13.8 Å². The maximum absolute atomic E-state index is 12.9. The largest absolute Gasteiger partial charge is 0.495 e. The van der Waals surface area contributed by atoms with Crippen molar-refractivity contribution in [2.75, 3.05) is 18.4 Å². The molecule has 0 heterocycles. The van der Waals surface area contributed by atoms with Crippen molar-refractivity contribution in [3.63, 3.8) is 0 Å². The van der Waals surface area contributed by atoms with Gasteiger partial charge in [0.05, 0.1) is 36.4 Å². The van der Waals surface area contributed by atoms with Crippen molar-refractivity contribution >= 4 is 33.3 Å². The van der Waals surface area contributed by atoms with Crippen LogP contribution in [-0.2, 0) is 14.8 Å². The number of hydrogen-bond donors (Lipinski definition) is 3. The number of nitrogens with zero attached hydrogens (tertiary/aromatic N) is 1. The number of aliphatic carboxylic acids is 1. The number of carbonyl (C=O) groups is 2. The number of carboxylic acids is 1. The fourth-order valence-corrected chi connectivity index (χ4v) is 4.44. The summed E-state index contributed by atoms with van der Waals surface area (Å²) >= 11 is 0. The SMILES string of the molecule is CCOc1ccc(/C(CCC(=O)O)=N\NC(=O)c2cccc(S(=O)(=O)Nc3ccccc3OC)c2)cc1. The molecule has 0 aromatic heterocycles. The molecule has 37 heavy (non-hydrogen) atoms. The second-order valence-electron chi connectivity index (χ2n) is 7.68. The summed E-state index contributed by atoms with van der Waals surface area (Å²) in [7, 11) is -2.60. The zero-order valence-electron chi connectivity index (χ0n) is 20.3. The summed E-state index contributed by atoms with van der Waals surface area (Å²) in [4.78, 5) is 23.8. The molecule has 0 spiro atoms. The Bertz CT molecular complexity index is 1390. The van der Waals surface area contributed by atoms with Crippen LogP contribution in [0.2, 0.25) is 0 Å². The van der Waals surface area contributed by atoms with E-state index in [9.17, 15) is 18.0 Å². The summed E-state index contributed by atoms with van der Waals surface area (Å²) in [6.45, 7) is 2.36. The van der Waals surface area contributed by atoms with E-state index in [0.717, 1.165) is 0 Å². The average Bonchev–Trinajstić information content (AvgIpc) is 2.89. The third-order valence-corrected chi connectivity index (χ3v) is 6.49. The van der Waals surface area contributed by atoms with Crippen molar-refractivity contribution in [1.82, 2.24) is 5.43 Å². The Morgan fingerprint density at radius 1 is 0.946 bits per heavy atom. The topological polar surface area (TPSA) is 143 Å². The number of hydrogen-bond acceptors (Lipinski definition) is 7. The van der Waals surface area contributed by atoms with Crippen molar-refractivity contribution in [3.05, 3.63) is 83.9 Å². The zero-order valence-corrected chi connectivity index (χ0v) is 21.1. The highest BCUT2D eigenvalue weighted by Gasteiger charge is 2.18. The van der Waals surface area contributed by atoms with Crippen LogP contribution in [0.5, 0.6) is 11.5 Å². The number of para-hydroxylation sites is 2. The van der Waals surface area contributed by atoms with Gasteiger partial charge in [-0.3, -0.25) is 14.3 Å². The summed E-state index contributed by atoms with van der Waals surface area (Å²) in [6, 6.07) is 18.9. The summed E-state index contributed by atoms with van der Waals surface area (Å²) in [5, 5.41) is 13.2. The third-order valence-electron chi connectivity index (χ3n) is 5.12. The molecule has 0 unspecified atom stereocenters. The predicted molar refractivity (Wildman–Crippen MR) is 139 cm³/mol. The minimum Gasteiger partial charge on any atom is -0.495 e. The first kappa shape index (κ1) is 27.2. The number of nitrogens with one attached hydrogen (secondary N) is 2. The maximum atomic E-state index is 12.9. The quantitative estimate of drug-likeness (QED) is 0.240. The van der Waals surface area contributed by atoms with E-state index in [1.54, 1.807) is 48.5 Å². The molecule has 3 aromatic rings. The van der Waals surface area contributed by atoms with Gasteiger partial charge in [-0.05, 0) is 67.1 Å². The first-order valence-corrected chi connectivity index (χ1v) is 12.8. The van der Waals surface area contributed by atoms with Gasteiger partial charge in [0, 0.05) is 12.0 Å². The number of carbonyl (C=O) groups excluding carboxylic acids is 1. The van der Waals surface area contributed by atoms with E-state index in [1.165, 1.54) is 31.4 Å². The Kier molecular flexibility index (Phi) is 9.22. The molecule has 1 amide bonds. The number of hydrazone groups is 1. The number of carboxylic acid groups (broad SMARTS) is 1. The highest BCUT2D eigenvalue weighted by Crippen LogP contribution is 2.26. The fourth-order valence-electron chi connectivity index (χ4n) is 3.32. The van der Waals surface area contributed by atoms with Crippen LogP contribution in [0.1, 0.15) is 35.7 Å². The molecule has 11 heteroatoms. The lowest BCUT2D eigenvalue weighted by molar-refractivity contribution is -0.136. The first-order chi connectivity index (χ1) is 17.7. The fraction of sp³-hybridized carbons (Fsp3) is 0.192. The minimum absolute atomic E-state index is 0.0518. The molecule has 0 aliphatic carbocycles. The Morgan fingerprint density at radius 3 is 2.35 bits per heavy atom. The van der Waals surface area contributed by atoms with Gasteiger partial charge in [-0.2, -0.15) is 5.10 Å². The molecule has 3 N–H and O–H groups in total. The van der Waals surface area contributed by atoms with E-state index >= 15 is 0 Å². The number of anilines is 1. The number of methoxy groups -OCH3 is 1. The predicted octanol–water partition coefficient (Wildman–Crippen LogP) is 3.89. The molecule has 194 valence electrons. The van der Waals surface area contributed by atoms with Crippen LogP contribution >= 0.6 is 0 Å². The van der Waals surface area contributed by atoms with Crippen LogP contribution < -0.4 is 19.6 Å². The monoisotopic (exact) mass is 525 g/mol. The summed E-state index contributed by atoms with van der Waals surface area (Å²) in [5.41, 5.74) is 3.66. The first-order valence-electron chi connectivity index (χ1n) is 11.3. The van der Waals surface area contributed by atoms with E-state index in [2.05, 4.69) is 15.2 Å². The Balaban J connectivity index is 1.81. The van der Waals surface area contributed by atoms with E-state index in [4.69, 9.17) is 14.6 Å². The van der Waals surface area contributed by atoms with Crippen molar-refractivity contribution in [2.45, 2.75) is 24.7 Å². The molecule has 0 aliphatic rings. The zero-order chi connectivity index (χ0) is 26.8. The van der Waals surface area contributed by atoms with Crippen LogP contribution in [0.4, 0.5) is 5.69 Å². The van der Waals surface area contributed by atoms with Crippen molar-refractivity contribution in [3.8, 4) is 11.5 Å². The molecule has 0 atom stereocenters. The van der Waals surface area contributed by atoms with Crippen LogP contribution in [0.15, 0.2) is 82.8 Å². The van der Waals surface area contributed by atoms with Crippen LogP contribution in [-0.4, -0.2) is 44.8 Å². The second-order valence-corrected chi connectivity index (χ2v) is 9.37. The van der Waals surface area contributed by atoms with Crippen molar-refractivity contribution < 1.29 is 32.6 Å². The molecule has 0 saturated carbocycles. The van der Waals surface area contributed by atoms with E-state index in [-0.39, 0.29) is 29.0 Å². The number of benzene rings is 3. The molecule has 0 radical (unpaired) electrons. The van der Waals surface area contributed by atoms with Gasteiger partial charge in [0.2, 0.25) is 0 Å². The van der Waals surface area contributed by atoms with Crippen molar-refractivity contribution in [1.29, 1.82) is 0 Å². The smallest absolute Gasteiger partial charge is 0.303 e. The van der Waals surface area contributed by atoms with Gasteiger partial charge in [-0.15, -0.1) is 0 Å². The Morgan fingerprint density at radius 2 is 1.68 bits per heavy atom. The lowest BCUT2D eigenvalue weighted by Crippen LogP contribution is -2.21. The second kappa shape index (κ2) is 12.5. The highest BCUT2D eigenvalue weighted by molar-refractivity contribution is 7.92. The van der Waals surface area contributed by atoms with Crippen molar-refractivity contribution in [2.24, 2.45) is 5.10 Å². The molecule has 0 fully saturated rings. The highest BCUT2D eigenvalue weighted by atomic mass is 32.2. The number of amides is 1. The minimum atomic E-state index is -4.03. The lowest BCUT2D eigenvalue weighted by Gasteiger charge is -2.12. The van der Waals surface area contributed by atoms with Crippen LogP contribution in [0.25, 0.3) is 0 Å². The van der Waals surface area contributed by atoms with Crippen LogP contribution in [0, 0.1) is 0 Å². The molecular formula is C26H27N3O7S. The number of rotatable bonds is 12.